The van der Waals surface area contributed by atoms with Gasteiger partial charge in [-0.25, -0.2) is 4.79 Å². The van der Waals surface area contributed by atoms with Crippen molar-refractivity contribution in [1.29, 1.82) is 0 Å². The number of nitrogens with one attached hydrogen (secondary N) is 2. The number of aromatic nitrogens is 1. The van der Waals surface area contributed by atoms with Crippen molar-refractivity contribution in [2.75, 3.05) is 7.11 Å². The fourth-order valence-corrected chi connectivity index (χ4v) is 2.94. The summed E-state index contributed by atoms with van der Waals surface area (Å²) in [7, 11) is 1.28. The molecule has 1 aromatic heterocycles. The van der Waals surface area contributed by atoms with Crippen molar-refractivity contribution < 1.29 is 24.4 Å². The molecule has 2 aromatic carbocycles. The first-order valence-corrected chi connectivity index (χ1v) is 8.31. The van der Waals surface area contributed by atoms with Crippen LogP contribution < -0.4 is 10.1 Å². The number of aromatic amines is 1. The average Bonchev–Trinajstić information content (AvgIpc) is 3.09. The summed E-state index contributed by atoms with van der Waals surface area (Å²) in [6.45, 7) is 0. The number of nitro benzene ring substituents is 1. The average molecular weight is 383 g/mol. The monoisotopic (exact) mass is 383 g/mol. The van der Waals surface area contributed by atoms with Crippen molar-refractivity contribution in [3.63, 3.8) is 0 Å². The van der Waals surface area contributed by atoms with Crippen molar-refractivity contribution in [2.45, 2.75) is 12.5 Å². The number of H-pyrrole nitrogens is 1. The second-order valence-electron chi connectivity index (χ2n) is 6.07. The molecule has 0 radical (unpaired) electrons. The lowest BCUT2D eigenvalue weighted by Crippen LogP contribution is -2.42. The summed E-state index contributed by atoms with van der Waals surface area (Å²) in [4.78, 5) is 37.6. The Hall–Kier alpha value is -3.88. The van der Waals surface area contributed by atoms with E-state index in [-0.39, 0.29) is 23.4 Å². The van der Waals surface area contributed by atoms with Crippen LogP contribution in [0.1, 0.15) is 15.9 Å². The molecule has 0 fully saturated rings. The zero-order valence-corrected chi connectivity index (χ0v) is 14.8. The Kier molecular flexibility index (Phi) is 5.25. The molecule has 9 nitrogen and oxygen atoms in total. The number of para-hydroxylation sites is 1. The number of aliphatic carboxylic acids is 1. The van der Waals surface area contributed by atoms with E-state index < -0.39 is 22.8 Å². The molecule has 9 heteroatoms. The smallest absolute Gasteiger partial charge is 0.326 e. The van der Waals surface area contributed by atoms with Crippen molar-refractivity contribution in [2.24, 2.45) is 0 Å². The number of carboxylic acids is 1. The Balaban J connectivity index is 1.83. The predicted octanol–water partition coefficient (Wildman–Crippen LogP) is 2.51. The Morgan fingerprint density at radius 3 is 2.71 bits per heavy atom. The number of hydrogen-bond acceptors (Lipinski definition) is 5. The fraction of sp³-hybridized carbons (Fsp3) is 0.158. The third kappa shape index (κ3) is 3.78. The lowest BCUT2D eigenvalue weighted by molar-refractivity contribution is -0.385. The molecule has 1 atom stereocenters. The Morgan fingerprint density at radius 2 is 2.04 bits per heavy atom. The lowest BCUT2D eigenvalue weighted by Gasteiger charge is -2.14. The van der Waals surface area contributed by atoms with E-state index in [1.807, 2.05) is 24.3 Å². The van der Waals surface area contributed by atoms with Gasteiger partial charge in [0.15, 0.2) is 5.75 Å². The third-order valence-electron chi connectivity index (χ3n) is 4.34. The molecule has 3 N–H and O–H groups in total. The van der Waals surface area contributed by atoms with Crippen LogP contribution in [0, 0.1) is 10.1 Å². The molecule has 3 aromatic rings. The molecule has 0 spiro atoms. The summed E-state index contributed by atoms with van der Waals surface area (Å²) in [5, 5.41) is 23.9. The van der Waals surface area contributed by atoms with E-state index in [1.54, 1.807) is 6.20 Å². The van der Waals surface area contributed by atoms with Gasteiger partial charge in [-0.1, -0.05) is 18.2 Å². The van der Waals surface area contributed by atoms with E-state index in [9.17, 15) is 24.8 Å². The van der Waals surface area contributed by atoms with Gasteiger partial charge in [0.2, 0.25) is 0 Å². The van der Waals surface area contributed by atoms with Gasteiger partial charge in [-0.05, 0) is 23.8 Å². The van der Waals surface area contributed by atoms with Gasteiger partial charge in [0.25, 0.3) is 5.91 Å². The highest BCUT2D eigenvalue weighted by molar-refractivity contribution is 5.97. The normalized spacial score (nSPS) is 11.8. The van der Waals surface area contributed by atoms with E-state index in [4.69, 9.17) is 4.74 Å². The molecular formula is C19H17N3O6. The third-order valence-corrected chi connectivity index (χ3v) is 4.34. The van der Waals surface area contributed by atoms with Gasteiger partial charge in [0, 0.05) is 35.2 Å². The predicted molar refractivity (Wildman–Crippen MR) is 101 cm³/mol. The fourth-order valence-electron chi connectivity index (χ4n) is 2.94. The SMILES string of the molecule is COc1ccc(C(=O)NC(Cc2c[nH]c3ccccc23)C(=O)O)cc1[N+](=O)[O-]. The van der Waals surface area contributed by atoms with Crippen LogP contribution in [-0.2, 0) is 11.2 Å². The van der Waals surface area contributed by atoms with Crippen LogP contribution in [-0.4, -0.2) is 40.0 Å². The van der Waals surface area contributed by atoms with Crippen LogP contribution in [0.25, 0.3) is 10.9 Å². The molecule has 0 aliphatic rings. The molecule has 0 saturated carbocycles. The topological polar surface area (TPSA) is 135 Å². The molecule has 144 valence electrons. The van der Waals surface area contributed by atoms with E-state index in [2.05, 4.69) is 10.3 Å². The molecule has 28 heavy (non-hydrogen) atoms. The highest BCUT2D eigenvalue weighted by Gasteiger charge is 2.24. The highest BCUT2D eigenvalue weighted by Crippen LogP contribution is 2.27. The summed E-state index contributed by atoms with van der Waals surface area (Å²) in [6.07, 6.45) is 1.76. The number of nitrogens with zero attached hydrogens (tertiary/aromatic N) is 1. The van der Waals surface area contributed by atoms with Crippen LogP contribution >= 0.6 is 0 Å². The second-order valence-corrected chi connectivity index (χ2v) is 6.07. The summed E-state index contributed by atoms with van der Waals surface area (Å²) in [6, 6.07) is 9.90. The summed E-state index contributed by atoms with van der Waals surface area (Å²) < 4.78 is 4.90. The number of methoxy groups -OCH3 is 1. The first-order valence-electron chi connectivity index (χ1n) is 8.31. The minimum atomic E-state index is -1.21. The maximum Gasteiger partial charge on any atom is 0.326 e. The van der Waals surface area contributed by atoms with Gasteiger partial charge >= 0.3 is 11.7 Å². The molecule has 0 saturated heterocycles. The van der Waals surface area contributed by atoms with Crippen LogP contribution in [0.5, 0.6) is 5.75 Å². The zero-order chi connectivity index (χ0) is 20.3. The van der Waals surface area contributed by atoms with Gasteiger partial charge in [0.1, 0.15) is 6.04 Å². The maximum absolute atomic E-state index is 12.5. The molecule has 0 bridgehead atoms. The molecule has 1 unspecified atom stereocenters. The highest BCUT2D eigenvalue weighted by atomic mass is 16.6. The number of hydrogen-bond donors (Lipinski definition) is 3. The maximum atomic E-state index is 12.5. The zero-order valence-electron chi connectivity index (χ0n) is 14.8. The molecule has 0 aliphatic heterocycles. The van der Waals surface area contributed by atoms with Crippen molar-refractivity contribution in [3.05, 3.63) is 69.9 Å². The van der Waals surface area contributed by atoms with Crippen molar-refractivity contribution in [1.82, 2.24) is 10.3 Å². The summed E-state index contributed by atoms with van der Waals surface area (Å²) in [5.74, 6) is -1.92. The number of carbonyl (C=O) groups is 2. The molecule has 1 heterocycles. The summed E-state index contributed by atoms with van der Waals surface area (Å²) >= 11 is 0. The van der Waals surface area contributed by atoms with Crippen LogP contribution in [0.15, 0.2) is 48.7 Å². The lowest BCUT2D eigenvalue weighted by atomic mass is 10.0. The molecular weight excluding hydrogens is 366 g/mol. The number of fused-ring (bicyclic) bond motifs is 1. The van der Waals surface area contributed by atoms with E-state index in [0.717, 1.165) is 22.5 Å². The Labute approximate surface area is 159 Å². The number of carbonyl (C=O) groups excluding carboxylic acids is 1. The van der Waals surface area contributed by atoms with Gasteiger partial charge in [-0.3, -0.25) is 14.9 Å². The van der Waals surface area contributed by atoms with Crippen LogP contribution in [0.2, 0.25) is 0 Å². The Bertz CT molecular complexity index is 1060. The summed E-state index contributed by atoms with van der Waals surface area (Å²) in [5.41, 5.74) is 1.19. The first kappa shape index (κ1) is 18.9. The van der Waals surface area contributed by atoms with E-state index in [1.165, 1.54) is 19.2 Å². The standard InChI is InChI=1S/C19H17N3O6/c1-28-17-7-6-11(9-16(17)22(26)27)18(23)21-15(19(24)25)8-12-10-20-14-5-3-2-4-13(12)14/h2-7,9-10,15,20H,8H2,1H3,(H,21,23)(H,24,25). The van der Waals surface area contributed by atoms with E-state index in [0.29, 0.717) is 0 Å². The van der Waals surface area contributed by atoms with Crippen molar-refractivity contribution >= 4 is 28.5 Å². The Morgan fingerprint density at radius 1 is 1.29 bits per heavy atom. The number of rotatable bonds is 7. The van der Waals surface area contributed by atoms with Gasteiger partial charge < -0.3 is 20.1 Å². The minimum absolute atomic E-state index is 0.00938. The van der Waals surface area contributed by atoms with Crippen molar-refractivity contribution in [3.8, 4) is 5.75 Å². The largest absolute Gasteiger partial charge is 0.490 e. The number of carboxylic acid groups (broad SMARTS) is 1. The number of amides is 1. The molecule has 0 aliphatic carbocycles. The number of nitro groups is 1. The van der Waals surface area contributed by atoms with E-state index >= 15 is 0 Å². The van der Waals surface area contributed by atoms with Gasteiger partial charge in [0.05, 0.1) is 12.0 Å². The minimum Gasteiger partial charge on any atom is -0.490 e. The molecule has 3 rings (SSSR count). The second kappa shape index (κ2) is 7.78. The van der Waals surface area contributed by atoms with Crippen LogP contribution in [0.4, 0.5) is 5.69 Å². The number of benzene rings is 2. The molecule has 1 amide bonds. The first-order chi connectivity index (χ1) is 13.4. The number of ether oxygens (including phenoxy) is 1. The van der Waals surface area contributed by atoms with Gasteiger partial charge in [-0.15, -0.1) is 0 Å². The van der Waals surface area contributed by atoms with Gasteiger partial charge in [-0.2, -0.15) is 0 Å². The van der Waals surface area contributed by atoms with Crippen LogP contribution in [0.3, 0.4) is 0 Å². The quantitative estimate of drug-likeness (QED) is 0.424.